The Morgan fingerprint density at radius 1 is 1.29 bits per heavy atom. The smallest absolute Gasteiger partial charge is 0.237 e. The summed E-state index contributed by atoms with van der Waals surface area (Å²) < 4.78 is 26.1. The number of nitrogens with zero attached hydrogens (tertiary/aromatic N) is 1. The average Bonchev–Trinajstić information content (AvgIpc) is 2.46. The zero-order valence-corrected chi connectivity index (χ0v) is 12.9. The third-order valence-corrected chi connectivity index (χ3v) is 4.55. The number of thioether (sulfide) groups is 1. The maximum atomic E-state index is 13.0. The maximum Gasteiger partial charge on any atom is 0.237 e. The molecule has 6 heteroatoms. The van der Waals surface area contributed by atoms with E-state index >= 15 is 0 Å². The first-order chi connectivity index (χ1) is 10.1. The summed E-state index contributed by atoms with van der Waals surface area (Å²) in [5.74, 6) is 0.908. The Kier molecular flexibility index (Phi) is 5.99. The second-order valence-electron chi connectivity index (χ2n) is 5.14. The first-order valence-corrected chi connectivity index (χ1v) is 8.26. The van der Waals surface area contributed by atoms with Crippen LogP contribution in [0.25, 0.3) is 0 Å². The van der Waals surface area contributed by atoms with Crippen LogP contribution in [0.15, 0.2) is 18.2 Å². The molecule has 1 aromatic rings. The number of halogens is 2. The van der Waals surface area contributed by atoms with Crippen LogP contribution >= 0.6 is 11.8 Å². The predicted octanol–water partition coefficient (Wildman–Crippen LogP) is 2.06. The van der Waals surface area contributed by atoms with Gasteiger partial charge in [-0.05, 0) is 31.0 Å². The van der Waals surface area contributed by atoms with Gasteiger partial charge in [-0.2, -0.15) is 11.8 Å². The van der Waals surface area contributed by atoms with Crippen molar-refractivity contribution < 1.29 is 13.6 Å². The zero-order chi connectivity index (χ0) is 15.2. The quantitative estimate of drug-likeness (QED) is 0.903. The molecule has 1 aliphatic rings. The second-order valence-corrected chi connectivity index (χ2v) is 6.37. The molecule has 0 saturated carbocycles. The van der Waals surface area contributed by atoms with Crippen LogP contribution < -0.4 is 5.32 Å². The predicted molar refractivity (Wildman–Crippen MR) is 81.4 cm³/mol. The summed E-state index contributed by atoms with van der Waals surface area (Å²) in [5.41, 5.74) is 0.551. The maximum absolute atomic E-state index is 13.0. The van der Waals surface area contributed by atoms with Crippen molar-refractivity contribution in [2.45, 2.75) is 19.4 Å². The molecule has 0 radical (unpaired) electrons. The molecule has 1 fully saturated rings. The first kappa shape index (κ1) is 16.2. The number of carbonyl (C=O) groups excluding carboxylic acids is 1. The highest BCUT2D eigenvalue weighted by atomic mass is 32.2. The van der Waals surface area contributed by atoms with Crippen LogP contribution in [0.5, 0.6) is 0 Å². The molecule has 3 nitrogen and oxygen atoms in total. The van der Waals surface area contributed by atoms with Gasteiger partial charge in [0.05, 0.1) is 6.04 Å². The fourth-order valence-corrected chi connectivity index (χ4v) is 3.29. The van der Waals surface area contributed by atoms with Gasteiger partial charge in [-0.15, -0.1) is 0 Å². The van der Waals surface area contributed by atoms with Crippen molar-refractivity contribution in [3.8, 4) is 0 Å². The molecule has 0 bridgehead atoms. The van der Waals surface area contributed by atoms with E-state index in [4.69, 9.17) is 0 Å². The van der Waals surface area contributed by atoms with Gasteiger partial charge >= 0.3 is 0 Å². The van der Waals surface area contributed by atoms with E-state index in [2.05, 4.69) is 10.2 Å². The number of benzene rings is 1. The van der Waals surface area contributed by atoms with Crippen molar-refractivity contribution in [2.75, 3.05) is 31.1 Å². The van der Waals surface area contributed by atoms with Crippen LogP contribution in [0.1, 0.15) is 12.5 Å². The Balaban J connectivity index is 1.78. The largest absolute Gasteiger partial charge is 0.354 e. The molecule has 0 spiro atoms. The third-order valence-electron chi connectivity index (χ3n) is 3.61. The van der Waals surface area contributed by atoms with Gasteiger partial charge in [-0.3, -0.25) is 9.69 Å². The SMILES string of the molecule is C[C@H](C(=O)NCCc1cc(F)cc(F)c1)N1CCSCC1. The number of carbonyl (C=O) groups is 1. The van der Waals surface area contributed by atoms with Gasteiger partial charge in [-0.1, -0.05) is 0 Å². The summed E-state index contributed by atoms with van der Waals surface area (Å²) in [6.07, 6.45) is 0.420. The summed E-state index contributed by atoms with van der Waals surface area (Å²) >= 11 is 1.90. The third kappa shape index (κ3) is 4.97. The molecule has 1 atom stereocenters. The van der Waals surface area contributed by atoms with E-state index in [0.29, 0.717) is 18.5 Å². The molecule has 1 aromatic carbocycles. The van der Waals surface area contributed by atoms with E-state index in [-0.39, 0.29) is 11.9 Å². The van der Waals surface area contributed by atoms with Crippen molar-refractivity contribution in [1.29, 1.82) is 0 Å². The van der Waals surface area contributed by atoms with Gasteiger partial charge in [-0.25, -0.2) is 8.78 Å². The standard InChI is InChI=1S/C15H20F2N2OS/c1-11(19-4-6-21-7-5-19)15(20)18-3-2-12-8-13(16)10-14(17)9-12/h8-11H,2-7H2,1H3,(H,18,20)/t11-/m1/s1. The lowest BCUT2D eigenvalue weighted by molar-refractivity contribution is -0.125. The minimum Gasteiger partial charge on any atom is -0.354 e. The number of rotatable bonds is 5. The normalized spacial score (nSPS) is 17.5. The lowest BCUT2D eigenvalue weighted by Gasteiger charge is -2.31. The lowest BCUT2D eigenvalue weighted by atomic mass is 10.1. The summed E-state index contributed by atoms with van der Waals surface area (Å²) in [6, 6.07) is 3.27. The van der Waals surface area contributed by atoms with Crippen LogP contribution in [0.2, 0.25) is 0 Å². The van der Waals surface area contributed by atoms with E-state index < -0.39 is 11.6 Å². The van der Waals surface area contributed by atoms with E-state index in [1.807, 2.05) is 18.7 Å². The van der Waals surface area contributed by atoms with Gasteiger partial charge in [0, 0.05) is 37.2 Å². The molecular formula is C15H20F2N2OS. The van der Waals surface area contributed by atoms with Gasteiger partial charge < -0.3 is 5.32 Å². The van der Waals surface area contributed by atoms with Gasteiger partial charge in [0.15, 0.2) is 0 Å². The summed E-state index contributed by atoms with van der Waals surface area (Å²) in [5, 5.41) is 2.83. The molecular weight excluding hydrogens is 294 g/mol. The molecule has 21 heavy (non-hydrogen) atoms. The van der Waals surface area contributed by atoms with Crippen LogP contribution in [0.4, 0.5) is 8.78 Å². The minimum absolute atomic E-state index is 0.0289. The van der Waals surface area contributed by atoms with Crippen molar-refractivity contribution in [3.05, 3.63) is 35.4 Å². The molecule has 1 saturated heterocycles. The lowest BCUT2D eigenvalue weighted by Crippen LogP contribution is -2.48. The van der Waals surface area contributed by atoms with Crippen molar-refractivity contribution >= 4 is 17.7 Å². The zero-order valence-electron chi connectivity index (χ0n) is 12.1. The van der Waals surface area contributed by atoms with E-state index in [1.165, 1.54) is 12.1 Å². The highest BCUT2D eigenvalue weighted by Gasteiger charge is 2.22. The molecule has 0 aromatic heterocycles. The Morgan fingerprint density at radius 3 is 2.52 bits per heavy atom. The summed E-state index contributed by atoms with van der Waals surface area (Å²) in [6.45, 7) is 4.13. The first-order valence-electron chi connectivity index (χ1n) is 7.11. The van der Waals surface area contributed by atoms with Gasteiger partial charge in [0.25, 0.3) is 0 Å². The van der Waals surface area contributed by atoms with Crippen LogP contribution in [0, 0.1) is 11.6 Å². The molecule has 1 aliphatic heterocycles. The van der Waals surface area contributed by atoms with Crippen LogP contribution in [-0.4, -0.2) is 48.0 Å². The average molecular weight is 314 g/mol. The summed E-state index contributed by atoms with van der Waals surface area (Å²) in [7, 11) is 0. The highest BCUT2D eigenvalue weighted by Crippen LogP contribution is 2.12. The van der Waals surface area contributed by atoms with Gasteiger partial charge in [0.1, 0.15) is 11.6 Å². The topological polar surface area (TPSA) is 32.3 Å². The Hall–Kier alpha value is -1.14. The summed E-state index contributed by atoms with van der Waals surface area (Å²) in [4.78, 5) is 14.2. The molecule has 1 amide bonds. The Morgan fingerprint density at radius 2 is 1.90 bits per heavy atom. The molecule has 116 valence electrons. The van der Waals surface area contributed by atoms with Crippen LogP contribution in [-0.2, 0) is 11.2 Å². The molecule has 0 aliphatic carbocycles. The Labute approximate surface area is 128 Å². The minimum atomic E-state index is -0.587. The number of amides is 1. The van der Waals surface area contributed by atoms with E-state index in [9.17, 15) is 13.6 Å². The van der Waals surface area contributed by atoms with Crippen molar-refractivity contribution in [2.24, 2.45) is 0 Å². The Bertz CT molecular complexity index is 472. The molecule has 0 unspecified atom stereocenters. The molecule has 2 rings (SSSR count). The van der Waals surface area contributed by atoms with E-state index in [1.54, 1.807) is 0 Å². The van der Waals surface area contributed by atoms with E-state index in [0.717, 1.165) is 30.7 Å². The molecule has 1 N–H and O–H groups in total. The number of hydrogen-bond donors (Lipinski definition) is 1. The molecule has 1 heterocycles. The van der Waals surface area contributed by atoms with Gasteiger partial charge in [0.2, 0.25) is 5.91 Å². The number of nitrogens with one attached hydrogen (secondary N) is 1. The number of hydrogen-bond acceptors (Lipinski definition) is 3. The van der Waals surface area contributed by atoms with Crippen molar-refractivity contribution in [1.82, 2.24) is 10.2 Å². The second kappa shape index (κ2) is 7.75. The highest BCUT2D eigenvalue weighted by molar-refractivity contribution is 7.99. The fraction of sp³-hybridized carbons (Fsp3) is 0.533. The van der Waals surface area contributed by atoms with Crippen LogP contribution in [0.3, 0.4) is 0 Å². The fourth-order valence-electron chi connectivity index (χ4n) is 2.36. The monoisotopic (exact) mass is 314 g/mol. The van der Waals surface area contributed by atoms with Crippen molar-refractivity contribution in [3.63, 3.8) is 0 Å².